The van der Waals surface area contributed by atoms with E-state index in [1.54, 1.807) is 0 Å². The van der Waals surface area contributed by atoms with Gasteiger partial charge in [0.05, 0.1) is 11.0 Å². The van der Waals surface area contributed by atoms with Gasteiger partial charge in [-0.2, -0.15) is 0 Å². The predicted molar refractivity (Wildman–Crippen MR) is 43.2 cm³/mol. The smallest absolute Gasteiger partial charge is 0.154 e. The zero-order valence-electron chi connectivity index (χ0n) is 6.41. The Labute approximate surface area is 67.1 Å². The van der Waals surface area contributed by atoms with Gasteiger partial charge in [0.25, 0.3) is 0 Å². The normalized spacial score (nSPS) is 41.8. The second kappa shape index (κ2) is 2.45. The Morgan fingerprint density at radius 2 is 2.09 bits per heavy atom. The fourth-order valence-electron chi connectivity index (χ4n) is 2.12. The maximum atomic E-state index is 11.4. The van der Waals surface area contributed by atoms with Crippen LogP contribution >= 0.6 is 0 Å². The molecule has 0 aromatic rings. The molecule has 0 aliphatic carbocycles. The molecule has 0 amide bonds. The highest BCUT2D eigenvalue weighted by Crippen LogP contribution is 2.28. The Morgan fingerprint density at radius 3 is 2.82 bits per heavy atom. The molecule has 11 heavy (non-hydrogen) atoms. The standard InChI is InChI=1S/C7H13NO2S/c9-11(10)3-1-2-6-4-8-5-7(6)11/h6-8H,1-5H2/t6-,7+/m0/s1. The summed E-state index contributed by atoms with van der Waals surface area (Å²) in [6.45, 7) is 1.59. The summed E-state index contributed by atoms with van der Waals surface area (Å²) in [7, 11) is -2.72. The average molecular weight is 175 g/mol. The lowest BCUT2D eigenvalue weighted by Gasteiger charge is -2.23. The van der Waals surface area contributed by atoms with E-state index in [1.165, 1.54) is 0 Å². The molecule has 0 unspecified atom stereocenters. The number of rotatable bonds is 0. The van der Waals surface area contributed by atoms with E-state index in [0.717, 1.165) is 19.4 Å². The summed E-state index contributed by atoms with van der Waals surface area (Å²) < 4.78 is 22.8. The molecule has 2 fully saturated rings. The second-order valence-electron chi connectivity index (χ2n) is 3.47. The molecule has 0 aromatic carbocycles. The lowest BCUT2D eigenvalue weighted by Crippen LogP contribution is -2.35. The number of fused-ring (bicyclic) bond motifs is 1. The van der Waals surface area contributed by atoms with Gasteiger partial charge in [-0.15, -0.1) is 0 Å². The minimum absolute atomic E-state index is 0.0590. The van der Waals surface area contributed by atoms with Gasteiger partial charge in [-0.05, 0) is 25.3 Å². The van der Waals surface area contributed by atoms with Gasteiger partial charge in [-0.1, -0.05) is 0 Å². The van der Waals surface area contributed by atoms with Gasteiger partial charge in [-0.25, -0.2) is 8.42 Å². The summed E-state index contributed by atoms with van der Waals surface area (Å²) in [5.74, 6) is 0.823. The predicted octanol–water partition coefficient (Wildman–Crippen LogP) is -0.217. The number of hydrogen-bond donors (Lipinski definition) is 1. The van der Waals surface area contributed by atoms with Gasteiger partial charge in [0.2, 0.25) is 0 Å². The molecular formula is C7H13NO2S. The van der Waals surface area contributed by atoms with E-state index >= 15 is 0 Å². The average Bonchev–Trinajstić information content (AvgIpc) is 2.34. The van der Waals surface area contributed by atoms with Crippen LogP contribution in [0.25, 0.3) is 0 Å². The fourth-order valence-corrected chi connectivity index (χ4v) is 4.18. The number of sulfone groups is 1. The molecule has 0 saturated carbocycles. The highest BCUT2D eigenvalue weighted by atomic mass is 32.2. The molecule has 0 aromatic heterocycles. The molecule has 1 N–H and O–H groups in total. The third-order valence-corrected chi connectivity index (χ3v) is 5.07. The van der Waals surface area contributed by atoms with Crippen LogP contribution in [0, 0.1) is 5.92 Å². The van der Waals surface area contributed by atoms with Crippen molar-refractivity contribution in [1.82, 2.24) is 5.32 Å². The van der Waals surface area contributed by atoms with E-state index in [2.05, 4.69) is 5.32 Å². The molecule has 2 heterocycles. The Balaban J connectivity index is 2.26. The highest BCUT2D eigenvalue weighted by Gasteiger charge is 2.39. The van der Waals surface area contributed by atoms with Crippen LogP contribution in [0.4, 0.5) is 0 Å². The second-order valence-corrected chi connectivity index (χ2v) is 5.81. The molecule has 0 bridgehead atoms. The molecule has 0 spiro atoms. The molecule has 2 aliphatic rings. The molecule has 2 rings (SSSR count). The van der Waals surface area contributed by atoms with Crippen molar-refractivity contribution in [1.29, 1.82) is 0 Å². The third kappa shape index (κ3) is 1.18. The quantitative estimate of drug-likeness (QED) is 0.554. The Hall–Kier alpha value is -0.0900. The molecule has 2 atom stereocenters. The van der Waals surface area contributed by atoms with E-state index in [9.17, 15) is 8.42 Å². The zero-order chi connectivity index (χ0) is 7.90. The summed E-state index contributed by atoms with van der Waals surface area (Å²) in [5.41, 5.74) is 0. The lowest BCUT2D eigenvalue weighted by molar-refractivity contribution is 0.477. The monoisotopic (exact) mass is 175 g/mol. The molecule has 3 nitrogen and oxygen atoms in total. The topological polar surface area (TPSA) is 46.2 Å². The minimum Gasteiger partial charge on any atom is -0.315 e. The summed E-state index contributed by atoms with van der Waals surface area (Å²) in [6.07, 6.45) is 1.96. The van der Waals surface area contributed by atoms with Crippen molar-refractivity contribution < 1.29 is 8.42 Å². The first-order valence-corrected chi connectivity index (χ1v) is 5.84. The van der Waals surface area contributed by atoms with E-state index < -0.39 is 9.84 Å². The van der Waals surface area contributed by atoms with Crippen molar-refractivity contribution in [3.05, 3.63) is 0 Å². The molecule has 0 radical (unpaired) electrons. The summed E-state index contributed by atoms with van der Waals surface area (Å²) in [4.78, 5) is 0. The SMILES string of the molecule is O=S1(=O)CCC[C@H]2CNC[C@H]21. The van der Waals surface area contributed by atoms with E-state index in [0.29, 0.717) is 18.2 Å². The first-order valence-electron chi connectivity index (χ1n) is 4.12. The van der Waals surface area contributed by atoms with Crippen LogP contribution in [0.15, 0.2) is 0 Å². The van der Waals surface area contributed by atoms with Crippen molar-refractivity contribution in [3.8, 4) is 0 Å². The molecule has 2 saturated heterocycles. The van der Waals surface area contributed by atoms with Crippen LogP contribution in [-0.4, -0.2) is 32.5 Å². The van der Waals surface area contributed by atoms with Gasteiger partial charge < -0.3 is 5.32 Å². The van der Waals surface area contributed by atoms with Crippen LogP contribution < -0.4 is 5.32 Å². The maximum Gasteiger partial charge on any atom is 0.154 e. The zero-order valence-corrected chi connectivity index (χ0v) is 7.23. The van der Waals surface area contributed by atoms with Gasteiger partial charge in [0.15, 0.2) is 9.84 Å². The lowest BCUT2D eigenvalue weighted by atomic mass is 10.0. The van der Waals surface area contributed by atoms with E-state index in [-0.39, 0.29) is 5.25 Å². The van der Waals surface area contributed by atoms with E-state index in [1.807, 2.05) is 0 Å². The van der Waals surface area contributed by atoms with E-state index in [4.69, 9.17) is 0 Å². The fraction of sp³-hybridized carbons (Fsp3) is 1.00. The first-order chi connectivity index (χ1) is 5.20. The Kier molecular flexibility index (Phi) is 1.68. The summed E-state index contributed by atoms with van der Waals surface area (Å²) in [6, 6.07) is 0. The van der Waals surface area contributed by atoms with Gasteiger partial charge in [0, 0.05) is 6.54 Å². The van der Waals surface area contributed by atoms with Crippen LogP contribution in [0.3, 0.4) is 0 Å². The Morgan fingerprint density at radius 1 is 1.27 bits per heavy atom. The summed E-state index contributed by atoms with van der Waals surface area (Å²) >= 11 is 0. The van der Waals surface area contributed by atoms with Crippen LogP contribution in [-0.2, 0) is 9.84 Å². The van der Waals surface area contributed by atoms with Crippen LogP contribution in [0.5, 0.6) is 0 Å². The molecule has 64 valence electrons. The van der Waals surface area contributed by atoms with Crippen molar-refractivity contribution in [2.75, 3.05) is 18.8 Å². The minimum atomic E-state index is -2.72. The third-order valence-electron chi connectivity index (χ3n) is 2.74. The summed E-state index contributed by atoms with van der Waals surface area (Å²) in [5, 5.41) is 3.08. The van der Waals surface area contributed by atoms with Crippen molar-refractivity contribution in [2.24, 2.45) is 5.92 Å². The van der Waals surface area contributed by atoms with Crippen molar-refractivity contribution >= 4 is 9.84 Å². The molecule has 4 heteroatoms. The highest BCUT2D eigenvalue weighted by molar-refractivity contribution is 7.92. The van der Waals surface area contributed by atoms with Crippen molar-refractivity contribution in [3.63, 3.8) is 0 Å². The van der Waals surface area contributed by atoms with Crippen LogP contribution in [0.1, 0.15) is 12.8 Å². The van der Waals surface area contributed by atoms with Gasteiger partial charge in [-0.3, -0.25) is 0 Å². The van der Waals surface area contributed by atoms with Crippen LogP contribution in [0.2, 0.25) is 0 Å². The molecule has 2 aliphatic heterocycles. The van der Waals surface area contributed by atoms with Crippen molar-refractivity contribution in [2.45, 2.75) is 18.1 Å². The Bertz CT molecular complexity index is 247. The number of nitrogens with one attached hydrogen (secondary N) is 1. The first kappa shape index (κ1) is 7.55. The van der Waals surface area contributed by atoms with Gasteiger partial charge in [0.1, 0.15) is 0 Å². The maximum absolute atomic E-state index is 11.4. The number of hydrogen-bond acceptors (Lipinski definition) is 3. The van der Waals surface area contributed by atoms with Gasteiger partial charge >= 0.3 is 0 Å². The molecular weight excluding hydrogens is 162 g/mol. The largest absolute Gasteiger partial charge is 0.315 e.